The Morgan fingerprint density at radius 2 is 1.58 bits per heavy atom. The van der Waals surface area contributed by atoms with E-state index in [0.717, 1.165) is 4.47 Å². The minimum Gasteiger partial charge on any atom is -0.365 e. The van der Waals surface area contributed by atoms with Gasteiger partial charge in [0.15, 0.2) is 0 Å². The van der Waals surface area contributed by atoms with Gasteiger partial charge in [0.25, 0.3) is 0 Å². The van der Waals surface area contributed by atoms with E-state index >= 15 is 0 Å². The van der Waals surface area contributed by atoms with E-state index in [2.05, 4.69) is 15.9 Å². The van der Waals surface area contributed by atoms with Crippen molar-refractivity contribution < 1.29 is 14.3 Å². The van der Waals surface area contributed by atoms with E-state index in [0.29, 0.717) is 5.69 Å². The third kappa shape index (κ3) is 1.37. The van der Waals surface area contributed by atoms with E-state index in [1.807, 2.05) is 30.4 Å². The molecule has 4 rings (SSSR count). The summed E-state index contributed by atoms with van der Waals surface area (Å²) in [5.74, 6) is -1.01. The number of imide groups is 1. The zero-order chi connectivity index (χ0) is 13.1. The number of carbonyl (C=O) groups excluding carboxylic acids is 2. The van der Waals surface area contributed by atoms with Gasteiger partial charge in [-0.05, 0) is 28.1 Å². The van der Waals surface area contributed by atoms with Crippen LogP contribution in [0.4, 0.5) is 5.69 Å². The van der Waals surface area contributed by atoms with Gasteiger partial charge in [0, 0.05) is 4.47 Å². The molecule has 4 atom stereocenters. The van der Waals surface area contributed by atoms with Crippen LogP contribution in [0, 0.1) is 11.8 Å². The molecule has 3 heterocycles. The standard InChI is InChI=1S/C14H10BrNO3/c15-7-3-1-2-4-8(7)16-13(17)11-9-5-6-10(19-9)12(11)14(16)18/h1-6,9-12H. The molecule has 2 saturated heterocycles. The van der Waals surface area contributed by atoms with Crippen molar-refractivity contribution >= 4 is 33.4 Å². The molecule has 3 aliphatic rings. The summed E-state index contributed by atoms with van der Waals surface area (Å²) in [6, 6.07) is 7.27. The van der Waals surface area contributed by atoms with E-state index in [9.17, 15) is 9.59 Å². The maximum Gasteiger partial charge on any atom is 0.240 e. The molecular weight excluding hydrogens is 310 g/mol. The summed E-state index contributed by atoms with van der Waals surface area (Å²) in [5, 5.41) is 0. The number of halogens is 1. The molecule has 1 aromatic rings. The molecule has 0 aromatic heterocycles. The summed E-state index contributed by atoms with van der Waals surface area (Å²) in [5.41, 5.74) is 0.617. The van der Waals surface area contributed by atoms with E-state index in [-0.39, 0.29) is 35.9 Å². The lowest BCUT2D eigenvalue weighted by molar-refractivity contribution is -0.124. The Labute approximate surface area is 118 Å². The van der Waals surface area contributed by atoms with Crippen molar-refractivity contribution in [3.63, 3.8) is 0 Å². The number of carbonyl (C=O) groups is 2. The highest BCUT2D eigenvalue weighted by atomic mass is 79.9. The average Bonchev–Trinajstić information content (AvgIpc) is 3.06. The van der Waals surface area contributed by atoms with Gasteiger partial charge < -0.3 is 4.74 Å². The largest absolute Gasteiger partial charge is 0.365 e. The molecule has 5 heteroatoms. The van der Waals surface area contributed by atoms with Crippen LogP contribution in [0.25, 0.3) is 0 Å². The van der Waals surface area contributed by atoms with Crippen LogP contribution < -0.4 is 4.90 Å². The number of anilines is 1. The van der Waals surface area contributed by atoms with Gasteiger partial charge in [0.05, 0.1) is 29.7 Å². The Morgan fingerprint density at radius 3 is 2.16 bits per heavy atom. The predicted octanol–water partition coefficient (Wildman–Crippen LogP) is 1.89. The molecule has 0 radical (unpaired) electrons. The molecule has 19 heavy (non-hydrogen) atoms. The fourth-order valence-electron chi connectivity index (χ4n) is 3.17. The fourth-order valence-corrected chi connectivity index (χ4v) is 3.64. The SMILES string of the molecule is O=C1C2C3C=CC(O3)C2C(=O)N1c1ccccc1Br. The topological polar surface area (TPSA) is 46.6 Å². The van der Waals surface area contributed by atoms with E-state index in [1.165, 1.54) is 4.90 Å². The summed E-state index contributed by atoms with van der Waals surface area (Å²) in [7, 11) is 0. The first-order chi connectivity index (χ1) is 9.18. The lowest BCUT2D eigenvalue weighted by Crippen LogP contribution is -2.34. The van der Waals surface area contributed by atoms with Crippen molar-refractivity contribution in [3.05, 3.63) is 40.9 Å². The molecule has 1 aromatic carbocycles. The average molecular weight is 320 g/mol. The highest BCUT2D eigenvalue weighted by Gasteiger charge is 2.61. The van der Waals surface area contributed by atoms with Gasteiger partial charge in [0.1, 0.15) is 0 Å². The van der Waals surface area contributed by atoms with Crippen molar-refractivity contribution in [2.24, 2.45) is 11.8 Å². The van der Waals surface area contributed by atoms with E-state index in [1.54, 1.807) is 6.07 Å². The van der Waals surface area contributed by atoms with Gasteiger partial charge in [0.2, 0.25) is 11.8 Å². The molecule has 2 amide bonds. The Kier molecular flexibility index (Phi) is 2.26. The molecule has 0 saturated carbocycles. The monoisotopic (exact) mass is 319 g/mol. The smallest absolute Gasteiger partial charge is 0.240 e. The molecule has 4 nitrogen and oxygen atoms in total. The summed E-state index contributed by atoms with van der Waals surface area (Å²) in [4.78, 5) is 26.3. The maximum absolute atomic E-state index is 12.5. The van der Waals surface area contributed by atoms with Crippen molar-refractivity contribution in [2.45, 2.75) is 12.2 Å². The Bertz CT molecular complexity index is 597. The Morgan fingerprint density at radius 1 is 1.00 bits per heavy atom. The molecule has 3 aliphatic heterocycles. The number of nitrogens with zero attached hydrogens (tertiary/aromatic N) is 1. The first kappa shape index (κ1) is 11.4. The van der Waals surface area contributed by atoms with Crippen LogP contribution in [0.1, 0.15) is 0 Å². The second-order valence-electron chi connectivity index (χ2n) is 4.97. The first-order valence-electron chi connectivity index (χ1n) is 6.14. The summed E-state index contributed by atoms with van der Waals surface area (Å²) < 4.78 is 6.35. The summed E-state index contributed by atoms with van der Waals surface area (Å²) in [6.45, 7) is 0. The number of hydrogen-bond acceptors (Lipinski definition) is 3. The first-order valence-corrected chi connectivity index (χ1v) is 6.94. The van der Waals surface area contributed by atoms with Gasteiger partial charge in [-0.25, -0.2) is 4.90 Å². The summed E-state index contributed by atoms with van der Waals surface area (Å²) in [6.07, 6.45) is 3.30. The van der Waals surface area contributed by atoms with Crippen molar-refractivity contribution in [2.75, 3.05) is 4.90 Å². The quantitative estimate of drug-likeness (QED) is 0.586. The third-order valence-corrected chi connectivity index (χ3v) is 4.67. The van der Waals surface area contributed by atoms with Crippen LogP contribution in [-0.2, 0) is 14.3 Å². The number of rotatable bonds is 1. The lowest BCUT2D eigenvalue weighted by Gasteiger charge is -2.18. The molecule has 0 N–H and O–H groups in total. The Balaban J connectivity index is 1.79. The fraction of sp³-hybridized carbons (Fsp3) is 0.286. The summed E-state index contributed by atoms with van der Waals surface area (Å²) >= 11 is 3.39. The minimum atomic E-state index is -0.352. The number of fused-ring (bicyclic) bond motifs is 5. The normalized spacial score (nSPS) is 35.3. The van der Waals surface area contributed by atoms with Gasteiger partial charge in [-0.15, -0.1) is 0 Å². The van der Waals surface area contributed by atoms with Crippen molar-refractivity contribution in [3.8, 4) is 0 Å². The van der Waals surface area contributed by atoms with Gasteiger partial charge in [-0.1, -0.05) is 24.3 Å². The zero-order valence-corrected chi connectivity index (χ0v) is 11.4. The number of amides is 2. The molecule has 4 unspecified atom stereocenters. The van der Waals surface area contributed by atoms with Crippen LogP contribution in [0.5, 0.6) is 0 Å². The van der Waals surface area contributed by atoms with E-state index in [4.69, 9.17) is 4.74 Å². The second-order valence-corrected chi connectivity index (χ2v) is 5.82. The molecule has 96 valence electrons. The number of benzene rings is 1. The van der Waals surface area contributed by atoms with Gasteiger partial charge >= 0.3 is 0 Å². The van der Waals surface area contributed by atoms with Crippen molar-refractivity contribution in [1.82, 2.24) is 0 Å². The Hall–Kier alpha value is -1.46. The molecule has 2 bridgehead atoms. The predicted molar refractivity (Wildman–Crippen MR) is 71.4 cm³/mol. The highest BCUT2D eigenvalue weighted by Crippen LogP contribution is 2.47. The molecular formula is C14H10BrNO3. The molecule has 2 fully saturated rings. The molecule has 0 spiro atoms. The van der Waals surface area contributed by atoms with Crippen LogP contribution in [0.15, 0.2) is 40.9 Å². The van der Waals surface area contributed by atoms with Crippen LogP contribution in [-0.4, -0.2) is 24.0 Å². The maximum atomic E-state index is 12.5. The van der Waals surface area contributed by atoms with E-state index < -0.39 is 0 Å². The van der Waals surface area contributed by atoms with Crippen LogP contribution >= 0.6 is 15.9 Å². The van der Waals surface area contributed by atoms with Crippen molar-refractivity contribution in [1.29, 1.82) is 0 Å². The molecule has 0 aliphatic carbocycles. The van der Waals surface area contributed by atoms with Crippen LogP contribution in [0.2, 0.25) is 0 Å². The zero-order valence-electron chi connectivity index (χ0n) is 9.82. The second kappa shape index (κ2) is 3.77. The van der Waals surface area contributed by atoms with Crippen LogP contribution in [0.3, 0.4) is 0 Å². The minimum absolute atomic E-state index is 0.154. The third-order valence-electron chi connectivity index (χ3n) is 4.00. The number of para-hydroxylation sites is 1. The van der Waals surface area contributed by atoms with Gasteiger partial charge in [-0.3, -0.25) is 9.59 Å². The number of ether oxygens (including phenoxy) is 1. The lowest BCUT2D eigenvalue weighted by atomic mass is 9.85. The highest BCUT2D eigenvalue weighted by molar-refractivity contribution is 9.10. The van der Waals surface area contributed by atoms with Gasteiger partial charge in [-0.2, -0.15) is 0 Å². The number of hydrogen-bond donors (Lipinski definition) is 0.